The second kappa shape index (κ2) is 5.13. The van der Waals surface area contributed by atoms with Gasteiger partial charge in [-0.1, -0.05) is 41.2 Å². The molecule has 2 aromatic rings. The van der Waals surface area contributed by atoms with Gasteiger partial charge in [-0.25, -0.2) is 4.98 Å². The van der Waals surface area contributed by atoms with Crippen LogP contribution in [0.1, 0.15) is 11.9 Å². The summed E-state index contributed by atoms with van der Waals surface area (Å²) in [5.74, 6) is 1.11. The zero-order valence-electron chi connectivity index (χ0n) is 12.2. The van der Waals surface area contributed by atoms with Gasteiger partial charge in [0.1, 0.15) is 5.82 Å². The van der Waals surface area contributed by atoms with Crippen LogP contribution in [0.25, 0.3) is 11.3 Å². The average molecular weight is 350 g/mol. The standard InChI is InChI=1S/C15H20BrN3Si/c1-19-10-20(2,3)9-14(19)15-17-8-13(18-15)11-4-6-12(16)7-5-11/h4-8,14H,9-10H2,1-3H3,(H,17,18). The quantitative estimate of drug-likeness (QED) is 0.828. The summed E-state index contributed by atoms with van der Waals surface area (Å²) in [6, 6.07) is 10.1. The van der Waals surface area contributed by atoms with E-state index in [1.54, 1.807) is 0 Å². The predicted octanol–water partition coefficient (Wildman–Crippen LogP) is 4.07. The van der Waals surface area contributed by atoms with Crippen LogP contribution in [0.4, 0.5) is 0 Å². The van der Waals surface area contributed by atoms with E-state index < -0.39 is 8.07 Å². The third kappa shape index (κ3) is 2.75. The molecule has 1 aromatic carbocycles. The lowest BCUT2D eigenvalue weighted by molar-refractivity contribution is 0.317. The molecule has 1 aromatic heterocycles. The molecule has 2 heterocycles. The summed E-state index contributed by atoms with van der Waals surface area (Å²) >= 11 is 3.47. The van der Waals surface area contributed by atoms with Gasteiger partial charge in [-0.05, 0) is 37.0 Å². The summed E-state index contributed by atoms with van der Waals surface area (Å²) in [5, 5.41) is 0. The first-order valence-electron chi connectivity index (χ1n) is 6.96. The summed E-state index contributed by atoms with van der Waals surface area (Å²) in [7, 11) is 1.15. The molecule has 5 heteroatoms. The lowest BCUT2D eigenvalue weighted by Gasteiger charge is -2.16. The second-order valence-electron chi connectivity index (χ2n) is 6.49. The molecule has 0 saturated carbocycles. The van der Waals surface area contributed by atoms with E-state index in [1.165, 1.54) is 17.8 Å². The lowest BCUT2D eigenvalue weighted by atomic mass is 10.2. The van der Waals surface area contributed by atoms with Gasteiger partial charge in [0, 0.05) is 4.47 Å². The monoisotopic (exact) mass is 349 g/mol. The van der Waals surface area contributed by atoms with Gasteiger partial charge < -0.3 is 4.98 Å². The highest BCUT2D eigenvalue weighted by Gasteiger charge is 2.38. The number of imidazole rings is 1. The zero-order valence-corrected chi connectivity index (χ0v) is 14.7. The van der Waals surface area contributed by atoms with Crippen molar-refractivity contribution >= 4 is 24.0 Å². The fourth-order valence-corrected chi connectivity index (χ4v) is 6.63. The van der Waals surface area contributed by atoms with Gasteiger partial charge in [-0.2, -0.15) is 0 Å². The molecule has 3 rings (SSSR count). The van der Waals surface area contributed by atoms with E-state index in [4.69, 9.17) is 0 Å². The maximum absolute atomic E-state index is 4.63. The van der Waals surface area contributed by atoms with E-state index in [0.29, 0.717) is 6.04 Å². The highest BCUT2D eigenvalue weighted by atomic mass is 79.9. The van der Waals surface area contributed by atoms with Gasteiger partial charge in [0.25, 0.3) is 0 Å². The van der Waals surface area contributed by atoms with E-state index in [0.717, 1.165) is 16.0 Å². The fourth-order valence-electron chi connectivity index (χ4n) is 3.12. The largest absolute Gasteiger partial charge is 0.341 e. The van der Waals surface area contributed by atoms with Gasteiger partial charge in [-0.3, -0.25) is 4.90 Å². The SMILES string of the molecule is CN1C[Si](C)(C)CC1c1ncc(-c2ccc(Br)cc2)[nH]1. The molecule has 0 aliphatic carbocycles. The summed E-state index contributed by atoms with van der Waals surface area (Å²) in [6.45, 7) is 4.92. The van der Waals surface area contributed by atoms with Gasteiger partial charge in [0.05, 0.1) is 26.0 Å². The Morgan fingerprint density at radius 2 is 2.00 bits per heavy atom. The normalized spacial score (nSPS) is 22.3. The van der Waals surface area contributed by atoms with E-state index in [2.05, 4.69) is 75.2 Å². The average Bonchev–Trinajstić information content (AvgIpc) is 2.94. The molecule has 1 atom stereocenters. The van der Waals surface area contributed by atoms with E-state index >= 15 is 0 Å². The van der Waals surface area contributed by atoms with Crippen LogP contribution in [0.2, 0.25) is 19.1 Å². The molecule has 1 aliphatic rings. The Hall–Kier alpha value is -0.913. The van der Waals surface area contributed by atoms with Crippen LogP contribution < -0.4 is 0 Å². The molecule has 1 fully saturated rings. The van der Waals surface area contributed by atoms with Crippen molar-refractivity contribution < 1.29 is 0 Å². The van der Waals surface area contributed by atoms with Crippen molar-refractivity contribution in [3.05, 3.63) is 40.8 Å². The molecule has 0 bridgehead atoms. The van der Waals surface area contributed by atoms with Crippen LogP contribution in [-0.4, -0.2) is 36.2 Å². The Labute approximate surface area is 129 Å². The molecule has 0 spiro atoms. The molecule has 0 amide bonds. The molecule has 1 N–H and O–H groups in total. The van der Waals surface area contributed by atoms with Crippen LogP contribution in [0, 0.1) is 0 Å². The Balaban J connectivity index is 1.85. The fraction of sp³-hybridized carbons (Fsp3) is 0.400. The lowest BCUT2D eigenvalue weighted by Crippen LogP contribution is -2.29. The second-order valence-corrected chi connectivity index (χ2v) is 12.5. The first-order valence-corrected chi connectivity index (χ1v) is 11.2. The number of nitrogens with one attached hydrogen (secondary N) is 1. The Morgan fingerprint density at radius 3 is 2.60 bits per heavy atom. The van der Waals surface area contributed by atoms with Crippen molar-refractivity contribution in [2.24, 2.45) is 0 Å². The molecule has 1 saturated heterocycles. The van der Waals surface area contributed by atoms with Gasteiger partial charge in [0.15, 0.2) is 0 Å². The number of benzene rings is 1. The molecule has 0 radical (unpaired) electrons. The van der Waals surface area contributed by atoms with Crippen molar-refractivity contribution in [1.29, 1.82) is 0 Å². The predicted molar refractivity (Wildman–Crippen MR) is 89.4 cm³/mol. The summed E-state index contributed by atoms with van der Waals surface area (Å²) in [6.07, 6.45) is 3.21. The minimum atomic E-state index is -1.07. The smallest absolute Gasteiger partial charge is 0.123 e. The van der Waals surface area contributed by atoms with E-state index in [1.807, 2.05) is 6.20 Å². The first kappa shape index (κ1) is 14.0. The maximum Gasteiger partial charge on any atom is 0.123 e. The topological polar surface area (TPSA) is 31.9 Å². The van der Waals surface area contributed by atoms with Crippen molar-refractivity contribution in [1.82, 2.24) is 14.9 Å². The highest BCUT2D eigenvalue weighted by molar-refractivity contribution is 9.10. The van der Waals surface area contributed by atoms with Crippen molar-refractivity contribution in [2.75, 3.05) is 13.2 Å². The molecule has 20 heavy (non-hydrogen) atoms. The first-order chi connectivity index (χ1) is 9.44. The number of hydrogen-bond acceptors (Lipinski definition) is 2. The van der Waals surface area contributed by atoms with Crippen molar-refractivity contribution in [2.45, 2.75) is 25.2 Å². The Bertz CT molecular complexity index is 606. The molecule has 1 unspecified atom stereocenters. The highest BCUT2D eigenvalue weighted by Crippen LogP contribution is 2.35. The molecule has 3 nitrogen and oxygen atoms in total. The minimum absolute atomic E-state index is 0.459. The van der Waals surface area contributed by atoms with Crippen LogP contribution in [-0.2, 0) is 0 Å². The summed E-state index contributed by atoms with van der Waals surface area (Å²) in [4.78, 5) is 10.6. The molecular weight excluding hydrogens is 330 g/mol. The van der Waals surface area contributed by atoms with Crippen LogP contribution in [0.5, 0.6) is 0 Å². The minimum Gasteiger partial charge on any atom is -0.341 e. The molecule has 106 valence electrons. The number of rotatable bonds is 2. The van der Waals surface area contributed by atoms with E-state index in [9.17, 15) is 0 Å². The summed E-state index contributed by atoms with van der Waals surface area (Å²) < 4.78 is 1.10. The number of nitrogens with zero attached hydrogens (tertiary/aromatic N) is 2. The number of hydrogen-bond donors (Lipinski definition) is 1. The number of H-pyrrole nitrogens is 1. The van der Waals surface area contributed by atoms with Crippen molar-refractivity contribution in [3.63, 3.8) is 0 Å². The summed E-state index contributed by atoms with van der Waals surface area (Å²) in [5.41, 5.74) is 2.29. The van der Waals surface area contributed by atoms with Crippen LogP contribution >= 0.6 is 15.9 Å². The Morgan fingerprint density at radius 1 is 1.30 bits per heavy atom. The van der Waals surface area contributed by atoms with Crippen LogP contribution in [0.15, 0.2) is 34.9 Å². The third-order valence-corrected chi connectivity index (χ3v) is 7.40. The maximum atomic E-state index is 4.63. The third-order valence-electron chi connectivity index (χ3n) is 4.02. The van der Waals surface area contributed by atoms with Gasteiger partial charge in [-0.15, -0.1) is 0 Å². The Kier molecular flexibility index (Phi) is 3.60. The zero-order chi connectivity index (χ0) is 14.3. The van der Waals surface area contributed by atoms with Crippen molar-refractivity contribution in [3.8, 4) is 11.3 Å². The molecular formula is C15H20BrN3Si. The van der Waals surface area contributed by atoms with Gasteiger partial charge >= 0.3 is 0 Å². The van der Waals surface area contributed by atoms with Gasteiger partial charge in [0.2, 0.25) is 0 Å². The molecule has 1 aliphatic heterocycles. The number of aromatic amines is 1. The van der Waals surface area contributed by atoms with Crippen LogP contribution in [0.3, 0.4) is 0 Å². The number of aromatic nitrogens is 2. The van der Waals surface area contributed by atoms with E-state index in [-0.39, 0.29) is 0 Å². The number of halogens is 1.